The Hall–Kier alpha value is -1.02. The summed E-state index contributed by atoms with van der Waals surface area (Å²) in [6.07, 6.45) is 3.91. The monoisotopic (exact) mass is 246 g/mol. The molecule has 1 fully saturated rings. The van der Waals surface area contributed by atoms with E-state index in [0.717, 1.165) is 12.6 Å². The van der Waals surface area contributed by atoms with Gasteiger partial charge in [0.25, 0.3) is 0 Å². The van der Waals surface area contributed by atoms with Gasteiger partial charge in [0.1, 0.15) is 0 Å². The average molecular weight is 246 g/mol. The highest BCUT2D eigenvalue weighted by molar-refractivity contribution is 5.51. The van der Waals surface area contributed by atoms with Crippen LogP contribution in [0.1, 0.15) is 37.3 Å². The van der Waals surface area contributed by atoms with Crippen LogP contribution in [0.25, 0.3) is 0 Å². The minimum Gasteiger partial charge on any atom is -0.370 e. The third-order valence-electron chi connectivity index (χ3n) is 3.85. The summed E-state index contributed by atoms with van der Waals surface area (Å²) in [5.41, 5.74) is 4.04. The Labute approximate surface area is 111 Å². The predicted octanol–water partition coefficient (Wildman–Crippen LogP) is 3.27. The lowest BCUT2D eigenvalue weighted by atomic mass is 10.1. The van der Waals surface area contributed by atoms with E-state index < -0.39 is 0 Å². The first-order chi connectivity index (χ1) is 8.60. The molecule has 1 saturated carbocycles. The second kappa shape index (κ2) is 5.75. The van der Waals surface area contributed by atoms with E-state index >= 15 is 0 Å². The zero-order chi connectivity index (χ0) is 13.1. The van der Waals surface area contributed by atoms with Crippen molar-refractivity contribution >= 4 is 5.69 Å². The predicted molar refractivity (Wildman–Crippen MR) is 79.4 cm³/mol. The van der Waals surface area contributed by atoms with Crippen LogP contribution >= 0.6 is 0 Å². The Kier molecular flexibility index (Phi) is 4.28. The molecule has 0 bridgehead atoms. The van der Waals surface area contributed by atoms with Gasteiger partial charge in [-0.3, -0.25) is 0 Å². The molecule has 0 amide bonds. The molecule has 1 atom stereocenters. The van der Waals surface area contributed by atoms with Gasteiger partial charge < -0.3 is 10.2 Å². The maximum absolute atomic E-state index is 3.65. The number of hydrogen-bond acceptors (Lipinski definition) is 2. The Bertz CT molecular complexity index is 376. The second-order valence-electron chi connectivity index (χ2n) is 5.70. The quantitative estimate of drug-likeness (QED) is 0.828. The first-order valence-electron chi connectivity index (χ1n) is 7.14. The van der Waals surface area contributed by atoms with Gasteiger partial charge in [-0.15, -0.1) is 0 Å². The smallest absolute Gasteiger partial charge is 0.0408 e. The van der Waals surface area contributed by atoms with E-state index in [9.17, 15) is 0 Å². The minimum atomic E-state index is 0.590. The molecule has 0 spiro atoms. The van der Waals surface area contributed by atoms with Crippen molar-refractivity contribution in [2.75, 3.05) is 18.5 Å². The van der Waals surface area contributed by atoms with Gasteiger partial charge in [-0.05, 0) is 56.4 Å². The number of benzene rings is 1. The Morgan fingerprint density at radius 2 is 1.83 bits per heavy atom. The molecule has 1 unspecified atom stereocenters. The Morgan fingerprint density at radius 3 is 2.33 bits per heavy atom. The third kappa shape index (κ3) is 3.49. The molecule has 0 heterocycles. The first kappa shape index (κ1) is 13.4. The maximum atomic E-state index is 3.65. The van der Waals surface area contributed by atoms with Gasteiger partial charge in [0.2, 0.25) is 0 Å². The van der Waals surface area contributed by atoms with Gasteiger partial charge >= 0.3 is 0 Å². The molecule has 0 radical (unpaired) electrons. The lowest BCUT2D eigenvalue weighted by molar-refractivity contribution is 0.539. The van der Waals surface area contributed by atoms with E-state index in [1.807, 2.05) is 0 Å². The molecule has 2 rings (SSSR count). The van der Waals surface area contributed by atoms with Gasteiger partial charge in [-0.25, -0.2) is 0 Å². The molecule has 1 aliphatic rings. The normalized spacial score (nSPS) is 16.7. The van der Waals surface area contributed by atoms with Crippen molar-refractivity contribution in [3.05, 3.63) is 29.3 Å². The fourth-order valence-corrected chi connectivity index (χ4v) is 2.51. The molecule has 0 aromatic heterocycles. The molecule has 1 aromatic rings. The molecule has 2 nitrogen and oxygen atoms in total. The average Bonchev–Trinajstić information content (AvgIpc) is 3.12. The van der Waals surface area contributed by atoms with Crippen LogP contribution in [-0.4, -0.2) is 25.7 Å². The van der Waals surface area contributed by atoms with E-state index in [1.165, 1.54) is 36.1 Å². The maximum Gasteiger partial charge on any atom is 0.0408 e. The van der Waals surface area contributed by atoms with Crippen LogP contribution in [0.4, 0.5) is 5.69 Å². The summed E-state index contributed by atoms with van der Waals surface area (Å²) in [5.74, 6) is 0. The molecule has 18 heavy (non-hydrogen) atoms. The number of nitrogens with zero attached hydrogens (tertiary/aromatic N) is 1. The zero-order valence-electron chi connectivity index (χ0n) is 12.2. The number of rotatable bonds is 6. The number of nitrogens with one attached hydrogen (secondary N) is 1. The molecule has 2 heteroatoms. The fraction of sp³-hybridized carbons (Fsp3) is 0.625. The van der Waals surface area contributed by atoms with Gasteiger partial charge in [-0.2, -0.15) is 0 Å². The van der Waals surface area contributed by atoms with Crippen LogP contribution in [0.15, 0.2) is 18.2 Å². The van der Waals surface area contributed by atoms with Crippen LogP contribution in [0.5, 0.6) is 0 Å². The van der Waals surface area contributed by atoms with E-state index in [0.29, 0.717) is 6.04 Å². The first-order valence-corrected chi connectivity index (χ1v) is 7.14. The van der Waals surface area contributed by atoms with Crippen LogP contribution in [-0.2, 0) is 0 Å². The molecule has 1 aromatic carbocycles. The molecule has 1 aliphatic carbocycles. The highest BCUT2D eigenvalue weighted by Crippen LogP contribution is 2.22. The summed E-state index contributed by atoms with van der Waals surface area (Å²) < 4.78 is 0. The lowest BCUT2D eigenvalue weighted by Gasteiger charge is -2.30. The highest BCUT2D eigenvalue weighted by Gasteiger charge is 2.22. The van der Waals surface area contributed by atoms with Gasteiger partial charge in [0.15, 0.2) is 0 Å². The zero-order valence-corrected chi connectivity index (χ0v) is 12.2. The second-order valence-corrected chi connectivity index (χ2v) is 5.70. The molecule has 100 valence electrons. The van der Waals surface area contributed by atoms with Crippen LogP contribution in [0.2, 0.25) is 0 Å². The molecular weight excluding hydrogens is 220 g/mol. The van der Waals surface area contributed by atoms with Gasteiger partial charge in [0.05, 0.1) is 0 Å². The van der Waals surface area contributed by atoms with Crippen molar-refractivity contribution in [2.24, 2.45) is 0 Å². The van der Waals surface area contributed by atoms with E-state index in [4.69, 9.17) is 0 Å². The fourth-order valence-electron chi connectivity index (χ4n) is 2.51. The highest BCUT2D eigenvalue weighted by atomic mass is 15.2. The van der Waals surface area contributed by atoms with Gasteiger partial charge in [0, 0.05) is 31.4 Å². The third-order valence-corrected chi connectivity index (χ3v) is 3.85. The largest absolute Gasteiger partial charge is 0.370 e. The Morgan fingerprint density at radius 1 is 1.22 bits per heavy atom. The summed E-state index contributed by atoms with van der Waals surface area (Å²) in [6, 6.07) is 8.19. The molecular formula is C16H26N2. The van der Waals surface area contributed by atoms with Crippen molar-refractivity contribution in [2.45, 2.75) is 52.1 Å². The van der Waals surface area contributed by atoms with Crippen molar-refractivity contribution in [1.29, 1.82) is 0 Å². The van der Waals surface area contributed by atoms with E-state index in [-0.39, 0.29) is 0 Å². The Balaban J connectivity index is 2.03. The standard InChI is InChI=1S/C16H26N2/c1-5-15(11-17-14-6-7-14)18(4)16-9-12(2)8-13(3)10-16/h8-10,14-15,17H,5-7,11H2,1-4H3. The van der Waals surface area contributed by atoms with Crippen LogP contribution in [0.3, 0.4) is 0 Å². The van der Waals surface area contributed by atoms with Gasteiger partial charge in [-0.1, -0.05) is 13.0 Å². The number of likely N-dealkylation sites (N-methyl/N-ethyl adjacent to an activating group) is 1. The van der Waals surface area contributed by atoms with Crippen LogP contribution in [0, 0.1) is 13.8 Å². The van der Waals surface area contributed by atoms with E-state index in [1.54, 1.807) is 0 Å². The van der Waals surface area contributed by atoms with E-state index in [2.05, 4.69) is 56.2 Å². The molecule has 0 aliphatic heterocycles. The summed E-state index contributed by atoms with van der Waals surface area (Å²) in [5, 5.41) is 3.65. The topological polar surface area (TPSA) is 15.3 Å². The summed E-state index contributed by atoms with van der Waals surface area (Å²) >= 11 is 0. The lowest BCUT2D eigenvalue weighted by Crippen LogP contribution is -2.40. The van der Waals surface area contributed by atoms with Crippen molar-refractivity contribution in [3.63, 3.8) is 0 Å². The number of hydrogen-bond donors (Lipinski definition) is 1. The molecule has 0 saturated heterocycles. The summed E-state index contributed by atoms with van der Waals surface area (Å²) in [4.78, 5) is 2.43. The number of aryl methyl sites for hydroxylation is 2. The SMILES string of the molecule is CCC(CNC1CC1)N(C)c1cc(C)cc(C)c1. The summed E-state index contributed by atoms with van der Waals surface area (Å²) in [6.45, 7) is 7.73. The summed E-state index contributed by atoms with van der Waals surface area (Å²) in [7, 11) is 2.22. The van der Waals surface area contributed by atoms with Crippen molar-refractivity contribution in [3.8, 4) is 0 Å². The van der Waals surface area contributed by atoms with Crippen molar-refractivity contribution in [1.82, 2.24) is 5.32 Å². The minimum absolute atomic E-state index is 0.590. The van der Waals surface area contributed by atoms with Crippen molar-refractivity contribution < 1.29 is 0 Å². The number of anilines is 1. The molecule has 1 N–H and O–H groups in total. The van der Waals surface area contributed by atoms with Crippen LogP contribution < -0.4 is 10.2 Å².